The molecule has 0 aliphatic heterocycles. The van der Waals surface area contributed by atoms with E-state index in [9.17, 15) is 22.8 Å². The summed E-state index contributed by atoms with van der Waals surface area (Å²) < 4.78 is 41.3. The Balaban J connectivity index is 1.78. The molecule has 0 atom stereocenters. The molecule has 0 saturated heterocycles. The highest BCUT2D eigenvalue weighted by Gasteiger charge is 2.31. The molecule has 4 nitrogen and oxygen atoms in total. The lowest BCUT2D eigenvalue weighted by molar-refractivity contribution is -0.137. The molecular weight excluding hydrogens is 453 g/mol. The highest BCUT2D eigenvalue weighted by Crippen LogP contribution is 2.31. The number of nitrogens with one attached hydrogen (secondary N) is 1. The van der Waals surface area contributed by atoms with Crippen LogP contribution in [0.3, 0.4) is 0 Å². The molecule has 35 heavy (non-hydrogen) atoms. The normalized spacial score (nSPS) is 11.3. The second-order valence-electron chi connectivity index (χ2n) is 8.10. The number of pyridine rings is 1. The molecule has 4 aromatic rings. The zero-order chi connectivity index (χ0) is 25.0. The quantitative estimate of drug-likeness (QED) is 0.382. The average molecular weight is 476 g/mol. The average Bonchev–Trinajstić information content (AvgIpc) is 2.85. The van der Waals surface area contributed by atoms with Crippen molar-refractivity contribution in [3.05, 3.63) is 124 Å². The van der Waals surface area contributed by atoms with Crippen molar-refractivity contribution in [2.24, 2.45) is 0 Å². The number of carbonyl (C=O) groups excluding carboxylic acids is 1. The molecule has 1 aromatic heterocycles. The summed E-state index contributed by atoms with van der Waals surface area (Å²) in [4.78, 5) is 26.5. The topological polar surface area (TPSA) is 51.1 Å². The van der Waals surface area contributed by atoms with E-state index < -0.39 is 23.2 Å². The minimum absolute atomic E-state index is 0.0402. The first-order valence-corrected chi connectivity index (χ1v) is 11.1. The minimum atomic E-state index is -4.57. The zero-order valence-corrected chi connectivity index (χ0v) is 19.0. The predicted molar refractivity (Wildman–Crippen MR) is 130 cm³/mol. The number of hydrogen-bond acceptors (Lipinski definition) is 2. The molecule has 0 bridgehead atoms. The van der Waals surface area contributed by atoms with Crippen LogP contribution in [0.15, 0.2) is 95.8 Å². The molecule has 1 amide bonds. The summed E-state index contributed by atoms with van der Waals surface area (Å²) >= 11 is 0. The van der Waals surface area contributed by atoms with E-state index in [1.54, 1.807) is 6.92 Å². The molecule has 0 radical (unpaired) electrons. The number of carbonyl (C=O) groups is 1. The number of amides is 1. The number of benzene rings is 3. The van der Waals surface area contributed by atoms with E-state index in [0.717, 1.165) is 23.3 Å². The van der Waals surface area contributed by atoms with Crippen LogP contribution < -0.4 is 10.9 Å². The first-order chi connectivity index (χ1) is 16.8. The molecule has 178 valence electrons. The Labute approximate surface area is 200 Å². The summed E-state index contributed by atoms with van der Waals surface area (Å²) in [6, 6.07) is 24.7. The van der Waals surface area contributed by atoms with Gasteiger partial charge in [0.05, 0.1) is 5.56 Å². The molecular formula is C28H23F3N2O2. The van der Waals surface area contributed by atoms with Crippen molar-refractivity contribution >= 4 is 5.91 Å². The number of rotatable bonds is 6. The second-order valence-corrected chi connectivity index (χ2v) is 8.10. The maximum Gasteiger partial charge on any atom is 0.416 e. The summed E-state index contributed by atoms with van der Waals surface area (Å²) in [6.45, 7) is 1.96. The van der Waals surface area contributed by atoms with Crippen LogP contribution in [0.1, 0.15) is 27.2 Å². The van der Waals surface area contributed by atoms with Crippen molar-refractivity contribution in [3.63, 3.8) is 0 Å². The van der Waals surface area contributed by atoms with Crippen molar-refractivity contribution in [2.75, 3.05) is 6.54 Å². The molecule has 0 aliphatic carbocycles. The van der Waals surface area contributed by atoms with Crippen molar-refractivity contribution < 1.29 is 18.0 Å². The molecule has 0 fully saturated rings. The number of halogens is 3. The molecule has 3 aromatic carbocycles. The van der Waals surface area contributed by atoms with Gasteiger partial charge in [0.1, 0.15) is 5.56 Å². The van der Waals surface area contributed by atoms with E-state index in [1.807, 2.05) is 60.7 Å². The van der Waals surface area contributed by atoms with E-state index >= 15 is 0 Å². The Bertz CT molecular complexity index is 1400. The van der Waals surface area contributed by atoms with Gasteiger partial charge in [-0.15, -0.1) is 0 Å². The van der Waals surface area contributed by atoms with E-state index in [1.165, 1.54) is 22.8 Å². The molecule has 0 unspecified atom stereocenters. The van der Waals surface area contributed by atoms with Crippen molar-refractivity contribution in [1.29, 1.82) is 0 Å². The Hall–Kier alpha value is -4.13. The summed E-state index contributed by atoms with van der Waals surface area (Å²) in [5.74, 6) is -0.580. The Kier molecular flexibility index (Phi) is 6.87. The lowest BCUT2D eigenvalue weighted by atomic mass is 10.0. The molecule has 0 saturated carbocycles. The van der Waals surface area contributed by atoms with E-state index in [-0.39, 0.29) is 11.3 Å². The number of alkyl halides is 3. The highest BCUT2D eigenvalue weighted by molar-refractivity contribution is 5.95. The number of hydrogen-bond donors (Lipinski definition) is 1. The maximum atomic E-state index is 13.4. The first kappa shape index (κ1) is 24.0. The van der Waals surface area contributed by atoms with Gasteiger partial charge in [0.25, 0.3) is 11.5 Å². The van der Waals surface area contributed by atoms with Gasteiger partial charge in [-0.2, -0.15) is 13.2 Å². The molecule has 1 N–H and O–H groups in total. The second kappa shape index (κ2) is 10.0. The molecule has 7 heteroatoms. The standard InChI is InChI=1S/C28H23F3N2O2/c1-19-24(21-11-6-3-7-12-21)18-25(26(34)32-16-15-20-9-4-2-5-10-20)27(35)33(19)23-14-8-13-22(17-23)28(29,30)31/h2-14,17-18H,15-16H2,1H3,(H,32,34). The van der Waals surface area contributed by atoms with Gasteiger partial charge in [0, 0.05) is 23.5 Å². The van der Waals surface area contributed by atoms with Crippen LogP contribution in [-0.2, 0) is 12.6 Å². The van der Waals surface area contributed by atoms with Gasteiger partial charge in [-0.3, -0.25) is 14.2 Å². The van der Waals surface area contributed by atoms with Gasteiger partial charge in [0.2, 0.25) is 0 Å². The third-order valence-electron chi connectivity index (χ3n) is 5.75. The van der Waals surface area contributed by atoms with Crippen LogP contribution >= 0.6 is 0 Å². The van der Waals surface area contributed by atoms with Crippen LogP contribution in [0, 0.1) is 6.92 Å². The summed E-state index contributed by atoms with van der Waals surface area (Å²) in [5, 5.41) is 2.77. The Morgan fingerprint density at radius 3 is 2.20 bits per heavy atom. The molecule has 0 spiro atoms. The fourth-order valence-corrected chi connectivity index (χ4v) is 3.97. The van der Waals surface area contributed by atoms with Crippen LogP contribution in [0.25, 0.3) is 16.8 Å². The van der Waals surface area contributed by atoms with Crippen molar-refractivity contribution in [3.8, 4) is 16.8 Å². The lowest BCUT2D eigenvalue weighted by Gasteiger charge is -2.18. The van der Waals surface area contributed by atoms with Crippen LogP contribution in [-0.4, -0.2) is 17.0 Å². The minimum Gasteiger partial charge on any atom is -0.352 e. The lowest BCUT2D eigenvalue weighted by Crippen LogP contribution is -2.34. The number of nitrogens with zero attached hydrogens (tertiary/aromatic N) is 1. The van der Waals surface area contributed by atoms with Gasteiger partial charge in [-0.1, -0.05) is 66.7 Å². The Morgan fingerprint density at radius 2 is 1.54 bits per heavy atom. The van der Waals surface area contributed by atoms with Crippen molar-refractivity contribution in [1.82, 2.24) is 9.88 Å². The van der Waals surface area contributed by atoms with Crippen LogP contribution in [0.5, 0.6) is 0 Å². The van der Waals surface area contributed by atoms with Crippen LogP contribution in [0.4, 0.5) is 13.2 Å². The maximum absolute atomic E-state index is 13.4. The molecule has 0 aliphatic rings. The van der Waals surface area contributed by atoms with Gasteiger partial charge in [-0.05, 0) is 48.7 Å². The third-order valence-corrected chi connectivity index (χ3v) is 5.75. The van der Waals surface area contributed by atoms with Crippen molar-refractivity contribution in [2.45, 2.75) is 19.5 Å². The first-order valence-electron chi connectivity index (χ1n) is 11.1. The fourth-order valence-electron chi connectivity index (χ4n) is 3.97. The van der Waals surface area contributed by atoms with E-state index in [0.29, 0.717) is 24.2 Å². The third kappa shape index (κ3) is 5.35. The Morgan fingerprint density at radius 1 is 0.886 bits per heavy atom. The summed E-state index contributed by atoms with van der Waals surface area (Å²) in [6.07, 6.45) is -3.99. The molecule has 4 rings (SSSR count). The van der Waals surface area contributed by atoms with E-state index in [2.05, 4.69) is 5.32 Å². The fraction of sp³-hybridized carbons (Fsp3) is 0.143. The van der Waals surface area contributed by atoms with E-state index in [4.69, 9.17) is 0 Å². The van der Waals surface area contributed by atoms with Crippen LogP contribution in [0.2, 0.25) is 0 Å². The SMILES string of the molecule is Cc1c(-c2ccccc2)cc(C(=O)NCCc2ccccc2)c(=O)n1-c1cccc(C(F)(F)F)c1. The monoisotopic (exact) mass is 476 g/mol. The molecule has 1 heterocycles. The predicted octanol–water partition coefficient (Wildman–Crippen LogP) is 5.80. The van der Waals surface area contributed by atoms with Gasteiger partial charge in [0.15, 0.2) is 0 Å². The smallest absolute Gasteiger partial charge is 0.352 e. The summed E-state index contributed by atoms with van der Waals surface area (Å²) in [5.41, 5.74) is 1.13. The van der Waals surface area contributed by atoms with Gasteiger partial charge in [-0.25, -0.2) is 0 Å². The van der Waals surface area contributed by atoms with Gasteiger partial charge < -0.3 is 5.32 Å². The zero-order valence-electron chi connectivity index (χ0n) is 19.0. The highest BCUT2D eigenvalue weighted by atomic mass is 19.4. The largest absolute Gasteiger partial charge is 0.416 e. The number of aromatic nitrogens is 1. The summed E-state index contributed by atoms with van der Waals surface area (Å²) in [7, 11) is 0. The van der Waals surface area contributed by atoms with Gasteiger partial charge >= 0.3 is 6.18 Å².